The SMILES string of the molecule is CC[C@H](C)[C@H](NC(=O)CNC(=O)[C@H](CCC(N)=O)NC(=O)[C@H](CO)NC(=O)[C@H](C)NC(=O)[C@@H](N)CCCN=C(N)N)C(=O)N[C@@H](CO)C(=O)N[C@@H](CO)C(=O)N[C@@H](Cc1ccc(O)cc1)C(=O)N[C@@H](CC(C)C)C(=O)N[C@@H](C)C(=O)O. The van der Waals surface area contributed by atoms with E-state index in [1.165, 1.54) is 45.0 Å². The molecule has 23 N–H and O–H groups in total. The molecule has 0 spiro atoms. The van der Waals surface area contributed by atoms with Gasteiger partial charge in [0.05, 0.1) is 32.4 Å². The van der Waals surface area contributed by atoms with E-state index in [0.29, 0.717) is 12.0 Å². The van der Waals surface area contributed by atoms with E-state index in [1.54, 1.807) is 20.8 Å². The molecule has 0 heterocycles. The van der Waals surface area contributed by atoms with Gasteiger partial charge in [0.2, 0.25) is 65.0 Å². The molecule has 0 aromatic heterocycles. The van der Waals surface area contributed by atoms with Crippen LogP contribution >= 0.6 is 0 Å². The molecule has 81 heavy (non-hydrogen) atoms. The molecule has 0 aliphatic heterocycles. The zero-order chi connectivity index (χ0) is 61.7. The fourth-order valence-corrected chi connectivity index (χ4v) is 7.19. The van der Waals surface area contributed by atoms with Gasteiger partial charge in [-0.2, -0.15) is 0 Å². The third-order valence-corrected chi connectivity index (χ3v) is 12.1. The lowest BCUT2D eigenvalue weighted by molar-refractivity contribution is -0.142. The normalized spacial score (nSPS) is 15.0. The highest BCUT2D eigenvalue weighted by Crippen LogP contribution is 2.14. The van der Waals surface area contributed by atoms with E-state index in [1.807, 2.05) is 0 Å². The predicted octanol–water partition coefficient (Wildman–Crippen LogP) is -7.75. The highest BCUT2D eigenvalue weighted by molar-refractivity contribution is 5.98. The van der Waals surface area contributed by atoms with Crippen molar-refractivity contribution in [2.24, 2.45) is 39.8 Å². The number of hydrogen-bond donors (Lipinski definition) is 19. The average molecular weight is 1150 g/mol. The van der Waals surface area contributed by atoms with Crippen molar-refractivity contribution in [1.82, 2.24) is 53.2 Å². The van der Waals surface area contributed by atoms with Crippen molar-refractivity contribution in [2.75, 3.05) is 32.9 Å². The Morgan fingerprint density at radius 2 is 1.02 bits per heavy atom. The number of nitrogens with one attached hydrogen (secondary N) is 10. The van der Waals surface area contributed by atoms with E-state index in [4.69, 9.17) is 22.9 Å². The number of carboxylic acid groups (broad SMARTS) is 1. The minimum absolute atomic E-state index is 0.0421. The number of carboxylic acids is 1. The quantitative estimate of drug-likeness (QED) is 0.0167. The van der Waals surface area contributed by atoms with Gasteiger partial charge in [0, 0.05) is 19.4 Å². The maximum Gasteiger partial charge on any atom is 0.325 e. The standard InChI is InChI=1S/C49H81N15O17/c1-7-24(4)38(64-37(70)19-55-41(73)30(14-15-36(51)69)58-44(76)33(20-65)61-39(71)25(5)56-40(72)29(50)9-8-16-54-49(52)53)47(79)63-35(22-67)46(78)62-34(21-66)45(77)60-32(18-27-10-12-28(68)13-11-27)43(75)59-31(17-23(2)3)42(74)57-26(6)48(80)81/h10-13,23-26,29-35,38,65-68H,7-9,14-22,50H2,1-6H3,(H2,51,69)(H,55,73)(H,56,72)(H,57,74)(H,58,76)(H,59,75)(H,60,77)(H,61,71)(H,62,78)(H,63,79)(H,64,70)(H,80,81)(H4,52,53,54)/t24-,25-,26-,29-,30-,31-,32-,33-,34-,35-,38-/m0/s1. The number of aliphatic imine (C=N–C) groups is 1. The monoisotopic (exact) mass is 1150 g/mol. The number of guanidine groups is 1. The van der Waals surface area contributed by atoms with Gasteiger partial charge < -0.3 is 102 Å². The van der Waals surface area contributed by atoms with Crippen LogP contribution in [0.2, 0.25) is 0 Å². The Kier molecular flexibility index (Phi) is 31.6. The summed E-state index contributed by atoms with van der Waals surface area (Å²) in [5.74, 6) is -13.4. The predicted molar refractivity (Wildman–Crippen MR) is 288 cm³/mol. The van der Waals surface area contributed by atoms with Crippen LogP contribution in [0.3, 0.4) is 0 Å². The Morgan fingerprint density at radius 3 is 1.52 bits per heavy atom. The molecule has 0 saturated heterocycles. The summed E-state index contributed by atoms with van der Waals surface area (Å²) < 4.78 is 0. The number of aliphatic hydroxyl groups is 3. The van der Waals surface area contributed by atoms with Crippen molar-refractivity contribution in [3.63, 3.8) is 0 Å². The molecule has 0 saturated carbocycles. The number of carbonyl (C=O) groups is 12. The zero-order valence-corrected chi connectivity index (χ0v) is 46.1. The smallest absolute Gasteiger partial charge is 0.325 e. The van der Waals surface area contributed by atoms with Crippen molar-refractivity contribution in [3.05, 3.63) is 29.8 Å². The summed E-state index contributed by atoms with van der Waals surface area (Å²) in [6.45, 7) is 5.31. The summed E-state index contributed by atoms with van der Waals surface area (Å²) in [5, 5.41) is 72.7. The average Bonchev–Trinajstić information content (AvgIpc) is 3.40. The molecule has 11 atom stereocenters. The van der Waals surface area contributed by atoms with Crippen LogP contribution in [0.25, 0.3) is 0 Å². The Bertz CT molecular complexity index is 2360. The lowest BCUT2D eigenvalue weighted by Crippen LogP contribution is -2.61. The van der Waals surface area contributed by atoms with E-state index < -0.39 is 176 Å². The number of aliphatic hydroxyl groups excluding tert-OH is 3. The lowest BCUT2D eigenvalue weighted by atomic mass is 9.98. The first-order chi connectivity index (χ1) is 38.0. The zero-order valence-electron chi connectivity index (χ0n) is 46.1. The third kappa shape index (κ3) is 26.5. The van der Waals surface area contributed by atoms with Gasteiger partial charge in [-0.05, 0) is 69.1 Å². The van der Waals surface area contributed by atoms with E-state index >= 15 is 0 Å². The molecule has 454 valence electrons. The van der Waals surface area contributed by atoms with Gasteiger partial charge in [-0.15, -0.1) is 0 Å². The van der Waals surface area contributed by atoms with E-state index in [0.717, 1.165) is 0 Å². The summed E-state index contributed by atoms with van der Waals surface area (Å²) in [7, 11) is 0. The van der Waals surface area contributed by atoms with Crippen LogP contribution < -0.4 is 76.1 Å². The summed E-state index contributed by atoms with van der Waals surface area (Å²) in [5.41, 5.74) is 22.1. The van der Waals surface area contributed by atoms with Crippen molar-refractivity contribution >= 4 is 76.9 Å². The van der Waals surface area contributed by atoms with Crippen LogP contribution in [-0.2, 0) is 64.0 Å². The second-order valence-corrected chi connectivity index (χ2v) is 19.4. The van der Waals surface area contributed by atoms with Crippen molar-refractivity contribution in [3.8, 4) is 5.75 Å². The van der Waals surface area contributed by atoms with Gasteiger partial charge in [0.25, 0.3) is 0 Å². The van der Waals surface area contributed by atoms with Crippen LogP contribution in [0, 0.1) is 11.8 Å². The lowest BCUT2D eigenvalue weighted by Gasteiger charge is -2.28. The fourth-order valence-electron chi connectivity index (χ4n) is 7.19. The highest BCUT2D eigenvalue weighted by Gasteiger charge is 2.35. The molecule has 1 aromatic carbocycles. The number of carbonyl (C=O) groups excluding carboxylic acids is 11. The first-order valence-corrected chi connectivity index (χ1v) is 25.9. The summed E-state index contributed by atoms with van der Waals surface area (Å²) in [6.07, 6.45) is -0.388. The van der Waals surface area contributed by atoms with Crippen LogP contribution in [0.15, 0.2) is 29.3 Å². The topological polar surface area (TPSA) is 543 Å². The number of phenols is 1. The van der Waals surface area contributed by atoms with E-state index in [-0.39, 0.29) is 49.9 Å². The number of aliphatic carboxylic acids is 1. The van der Waals surface area contributed by atoms with Crippen molar-refractivity contribution < 1.29 is 83.1 Å². The maximum absolute atomic E-state index is 13.8. The molecule has 0 aliphatic rings. The van der Waals surface area contributed by atoms with Crippen molar-refractivity contribution in [2.45, 2.75) is 147 Å². The van der Waals surface area contributed by atoms with Gasteiger partial charge in [0.1, 0.15) is 60.1 Å². The summed E-state index contributed by atoms with van der Waals surface area (Å²) in [6, 6.07) is -9.40. The molecular weight excluding hydrogens is 1070 g/mol. The summed E-state index contributed by atoms with van der Waals surface area (Å²) >= 11 is 0. The largest absolute Gasteiger partial charge is 0.508 e. The van der Waals surface area contributed by atoms with Crippen LogP contribution in [-0.4, -0.2) is 196 Å². The number of primary amides is 1. The minimum Gasteiger partial charge on any atom is -0.508 e. The van der Waals surface area contributed by atoms with Crippen molar-refractivity contribution in [1.29, 1.82) is 0 Å². The molecule has 0 fully saturated rings. The number of phenolic OH excluding ortho intramolecular Hbond substituents is 1. The fraction of sp³-hybridized carbons (Fsp3) is 0.612. The third-order valence-electron chi connectivity index (χ3n) is 12.1. The van der Waals surface area contributed by atoms with Gasteiger partial charge in [-0.3, -0.25) is 62.5 Å². The number of aromatic hydroxyl groups is 1. The number of rotatable bonds is 37. The van der Waals surface area contributed by atoms with E-state index in [9.17, 15) is 83.1 Å². The van der Waals surface area contributed by atoms with Gasteiger partial charge in [-0.25, -0.2) is 0 Å². The molecule has 0 bridgehead atoms. The minimum atomic E-state index is -1.84. The first-order valence-electron chi connectivity index (χ1n) is 25.9. The van der Waals surface area contributed by atoms with Crippen LogP contribution in [0.5, 0.6) is 5.75 Å². The molecule has 32 nitrogen and oxygen atoms in total. The molecule has 0 unspecified atom stereocenters. The van der Waals surface area contributed by atoms with Crippen LogP contribution in [0.4, 0.5) is 0 Å². The summed E-state index contributed by atoms with van der Waals surface area (Å²) in [4.78, 5) is 160. The number of benzene rings is 1. The number of hydrogen-bond acceptors (Lipinski definition) is 18. The first kappa shape index (κ1) is 70.8. The van der Waals surface area contributed by atoms with Gasteiger partial charge in [-0.1, -0.05) is 46.2 Å². The maximum atomic E-state index is 13.8. The number of amides is 11. The van der Waals surface area contributed by atoms with Gasteiger partial charge >= 0.3 is 5.97 Å². The molecule has 1 aromatic rings. The van der Waals surface area contributed by atoms with E-state index in [2.05, 4.69) is 58.2 Å². The van der Waals surface area contributed by atoms with Crippen LogP contribution in [0.1, 0.15) is 85.6 Å². The molecule has 1 rings (SSSR count). The molecule has 11 amide bonds. The number of nitrogens with zero attached hydrogens (tertiary/aromatic N) is 1. The molecular formula is C49H81N15O17. The number of nitrogens with two attached hydrogens (primary N) is 4. The molecule has 0 aliphatic carbocycles. The Labute approximate surface area is 467 Å². The second-order valence-electron chi connectivity index (χ2n) is 19.4. The highest BCUT2D eigenvalue weighted by atomic mass is 16.4. The molecule has 0 radical (unpaired) electrons. The molecule has 32 heteroatoms. The second kappa shape index (κ2) is 36.1. The Morgan fingerprint density at radius 1 is 0.556 bits per heavy atom. The Balaban J connectivity index is 3.16. The Hall–Kier alpha value is -8.23. The van der Waals surface area contributed by atoms with Gasteiger partial charge in [0.15, 0.2) is 5.96 Å².